The number of benzene rings is 2. The number of halogens is 4. The molecule has 0 bridgehead atoms. The van der Waals surface area contributed by atoms with E-state index in [1.807, 2.05) is 0 Å². The summed E-state index contributed by atoms with van der Waals surface area (Å²) in [4.78, 5) is 12.5. The molecule has 0 saturated heterocycles. The van der Waals surface area contributed by atoms with Crippen LogP contribution in [0, 0.1) is 11.6 Å². The second kappa shape index (κ2) is 7.77. The summed E-state index contributed by atoms with van der Waals surface area (Å²) in [5.41, 5.74) is 0.000922. The Hall–Kier alpha value is -1.90. The van der Waals surface area contributed by atoms with Gasteiger partial charge >= 0.3 is 0 Å². The molecule has 140 valence electrons. The van der Waals surface area contributed by atoms with Gasteiger partial charge in [0.15, 0.2) is 11.6 Å². The number of sulfonamides is 1. The van der Waals surface area contributed by atoms with Crippen molar-refractivity contribution in [3.63, 3.8) is 0 Å². The van der Waals surface area contributed by atoms with Gasteiger partial charge in [-0.2, -0.15) is 0 Å². The maximum absolute atomic E-state index is 13.3. The van der Waals surface area contributed by atoms with Gasteiger partial charge in [-0.15, -0.1) is 0 Å². The molecule has 0 saturated carbocycles. The third-order valence-corrected chi connectivity index (χ3v) is 5.20. The standard InChI is InChI=1S/C16H14Cl2F2N2O3S/c1-9(16(23)21-11-4-6-13(19)14(20)8-11)22(26(2,24)25)15-7-10(17)3-5-12(15)18/h3-9H,1-2H3,(H,21,23)/t9-/m0/s1. The van der Waals surface area contributed by atoms with Crippen LogP contribution >= 0.6 is 23.2 Å². The molecule has 5 nitrogen and oxygen atoms in total. The van der Waals surface area contributed by atoms with Crippen molar-refractivity contribution in [2.24, 2.45) is 0 Å². The minimum absolute atomic E-state index is 0.0219. The van der Waals surface area contributed by atoms with Gasteiger partial charge in [-0.3, -0.25) is 9.10 Å². The fraction of sp³-hybridized carbons (Fsp3) is 0.188. The molecule has 2 rings (SSSR count). The molecule has 1 N–H and O–H groups in total. The Bertz CT molecular complexity index is 955. The monoisotopic (exact) mass is 422 g/mol. The molecule has 1 atom stereocenters. The van der Waals surface area contributed by atoms with Crippen LogP contribution in [0.15, 0.2) is 36.4 Å². The summed E-state index contributed by atoms with van der Waals surface area (Å²) in [5.74, 6) is -2.98. The molecule has 0 aliphatic heterocycles. The summed E-state index contributed by atoms with van der Waals surface area (Å²) in [7, 11) is -3.91. The third kappa shape index (κ3) is 4.63. The summed E-state index contributed by atoms with van der Waals surface area (Å²) in [5, 5.41) is 2.64. The molecule has 26 heavy (non-hydrogen) atoms. The van der Waals surface area contributed by atoms with E-state index >= 15 is 0 Å². The summed E-state index contributed by atoms with van der Waals surface area (Å²) in [6.07, 6.45) is 0.908. The van der Waals surface area contributed by atoms with Gasteiger partial charge < -0.3 is 5.32 Å². The van der Waals surface area contributed by atoms with Gasteiger partial charge in [-0.1, -0.05) is 23.2 Å². The molecule has 0 aromatic heterocycles. The van der Waals surface area contributed by atoms with E-state index in [1.165, 1.54) is 25.1 Å². The number of hydrogen-bond acceptors (Lipinski definition) is 3. The average molecular weight is 423 g/mol. The fourth-order valence-corrected chi connectivity index (χ4v) is 3.86. The zero-order chi connectivity index (χ0) is 19.6. The Labute approximate surface area is 159 Å². The van der Waals surface area contributed by atoms with Crippen LogP contribution in [0.1, 0.15) is 6.92 Å². The van der Waals surface area contributed by atoms with Gasteiger partial charge in [-0.25, -0.2) is 17.2 Å². The number of carbonyl (C=O) groups is 1. The molecule has 10 heteroatoms. The van der Waals surface area contributed by atoms with Crippen LogP contribution in [0.25, 0.3) is 0 Å². The van der Waals surface area contributed by atoms with Crippen LogP contribution in [0.2, 0.25) is 10.0 Å². The van der Waals surface area contributed by atoms with Gasteiger partial charge in [0.25, 0.3) is 0 Å². The van der Waals surface area contributed by atoms with Crippen molar-refractivity contribution in [3.8, 4) is 0 Å². The molecule has 2 aromatic rings. The van der Waals surface area contributed by atoms with E-state index in [0.717, 1.165) is 28.8 Å². The zero-order valence-corrected chi connectivity index (χ0v) is 16.0. The Morgan fingerprint density at radius 3 is 2.35 bits per heavy atom. The number of rotatable bonds is 5. The third-order valence-electron chi connectivity index (χ3n) is 3.42. The van der Waals surface area contributed by atoms with E-state index in [-0.39, 0.29) is 21.4 Å². The van der Waals surface area contributed by atoms with Gasteiger partial charge in [-0.05, 0) is 37.3 Å². The SMILES string of the molecule is C[C@@H](C(=O)Nc1ccc(F)c(F)c1)N(c1cc(Cl)ccc1Cl)S(C)(=O)=O. The Balaban J connectivity index is 2.37. The van der Waals surface area contributed by atoms with E-state index in [2.05, 4.69) is 5.32 Å². The minimum atomic E-state index is -3.91. The molecule has 0 unspecified atom stereocenters. The number of nitrogens with zero attached hydrogens (tertiary/aromatic N) is 1. The van der Waals surface area contributed by atoms with Gasteiger partial charge in [0.1, 0.15) is 6.04 Å². The summed E-state index contributed by atoms with van der Waals surface area (Å²) in [6.45, 7) is 1.33. The fourth-order valence-electron chi connectivity index (χ4n) is 2.26. The molecule has 0 fully saturated rings. The average Bonchev–Trinajstić information content (AvgIpc) is 2.53. The van der Waals surface area contributed by atoms with Crippen molar-refractivity contribution in [3.05, 3.63) is 58.1 Å². The molecular formula is C16H14Cl2F2N2O3S. The van der Waals surface area contributed by atoms with Crippen molar-refractivity contribution in [1.29, 1.82) is 0 Å². The first-order chi connectivity index (χ1) is 12.0. The highest BCUT2D eigenvalue weighted by atomic mass is 35.5. The predicted molar refractivity (Wildman–Crippen MR) is 98.2 cm³/mol. The number of anilines is 2. The molecule has 0 aliphatic carbocycles. The maximum atomic E-state index is 13.3. The zero-order valence-electron chi connectivity index (χ0n) is 13.6. The highest BCUT2D eigenvalue weighted by Crippen LogP contribution is 2.32. The van der Waals surface area contributed by atoms with E-state index in [4.69, 9.17) is 23.2 Å². The Kier molecular flexibility index (Phi) is 6.10. The molecule has 0 spiro atoms. The van der Waals surface area contributed by atoms with Crippen molar-refractivity contribution in [1.82, 2.24) is 0 Å². The van der Waals surface area contributed by atoms with Crippen molar-refractivity contribution in [2.75, 3.05) is 15.9 Å². The van der Waals surface area contributed by atoms with Crippen molar-refractivity contribution < 1.29 is 22.0 Å². The topological polar surface area (TPSA) is 66.5 Å². The normalized spacial score (nSPS) is 12.5. The van der Waals surface area contributed by atoms with E-state index in [9.17, 15) is 22.0 Å². The second-order valence-electron chi connectivity index (χ2n) is 5.45. The van der Waals surface area contributed by atoms with Crippen LogP contribution in [0.5, 0.6) is 0 Å². The smallest absolute Gasteiger partial charge is 0.247 e. The number of carbonyl (C=O) groups excluding carboxylic acids is 1. The van der Waals surface area contributed by atoms with Crippen molar-refractivity contribution in [2.45, 2.75) is 13.0 Å². The molecule has 1 amide bonds. The number of hydrogen-bond donors (Lipinski definition) is 1. The van der Waals surface area contributed by atoms with E-state index in [0.29, 0.717) is 0 Å². The number of amides is 1. The first-order valence-corrected chi connectivity index (χ1v) is 9.81. The summed E-state index contributed by atoms with van der Waals surface area (Å²) in [6, 6.07) is 5.73. The number of nitrogens with one attached hydrogen (secondary N) is 1. The predicted octanol–water partition coefficient (Wildman–Crippen LogP) is 4.06. The van der Waals surface area contributed by atoms with Crippen LogP contribution in [-0.4, -0.2) is 26.6 Å². The Morgan fingerprint density at radius 1 is 1.12 bits per heavy atom. The van der Waals surface area contributed by atoms with E-state index in [1.54, 1.807) is 0 Å². The van der Waals surface area contributed by atoms with Gasteiger partial charge in [0.2, 0.25) is 15.9 Å². The summed E-state index contributed by atoms with van der Waals surface area (Å²) >= 11 is 12.0. The molecule has 2 aromatic carbocycles. The highest BCUT2D eigenvalue weighted by Gasteiger charge is 2.31. The van der Waals surface area contributed by atoms with Crippen LogP contribution in [-0.2, 0) is 14.8 Å². The lowest BCUT2D eigenvalue weighted by molar-refractivity contribution is -0.116. The molecule has 0 aliphatic rings. The highest BCUT2D eigenvalue weighted by molar-refractivity contribution is 7.92. The lowest BCUT2D eigenvalue weighted by atomic mass is 10.2. The second-order valence-corrected chi connectivity index (χ2v) is 8.15. The van der Waals surface area contributed by atoms with Crippen LogP contribution < -0.4 is 9.62 Å². The van der Waals surface area contributed by atoms with Crippen LogP contribution in [0.4, 0.5) is 20.2 Å². The first kappa shape index (κ1) is 20.4. The van der Waals surface area contributed by atoms with Crippen molar-refractivity contribution >= 4 is 50.5 Å². The molecule has 0 heterocycles. The minimum Gasteiger partial charge on any atom is -0.324 e. The largest absolute Gasteiger partial charge is 0.324 e. The van der Waals surface area contributed by atoms with Crippen LogP contribution in [0.3, 0.4) is 0 Å². The lowest BCUT2D eigenvalue weighted by Crippen LogP contribution is -2.45. The lowest BCUT2D eigenvalue weighted by Gasteiger charge is -2.29. The van der Waals surface area contributed by atoms with Gasteiger partial charge in [0, 0.05) is 16.8 Å². The quantitative estimate of drug-likeness (QED) is 0.789. The van der Waals surface area contributed by atoms with E-state index < -0.39 is 33.6 Å². The Morgan fingerprint density at radius 2 is 1.77 bits per heavy atom. The molecule has 0 radical (unpaired) electrons. The van der Waals surface area contributed by atoms with Gasteiger partial charge in [0.05, 0.1) is 17.0 Å². The molecular weight excluding hydrogens is 409 g/mol. The summed E-state index contributed by atoms with van der Waals surface area (Å²) < 4.78 is 51.5. The first-order valence-electron chi connectivity index (χ1n) is 7.21. The maximum Gasteiger partial charge on any atom is 0.247 e.